The number of amides is 1. The number of nitrogens with two attached hydrogens (primary N) is 1. The Bertz CT molecular complexity index is 674. The number of halogens is 1. The standard InChI is InChI=1S/C15H13ClN2O3/c16-11-7-6-10(8-12(11)17)14(19)18-13(15(20)21)9-4-2-1-3-5-9/h1-8,13H,17H2,(H,18,19)(H,20,21)/t13-/m1/s1. The molecule has 1 atom stereocenters. The van der Waals surface area contributed by atoms with E-state index >= 15 is 0 Å². The Morgan fingerprint density at radius 3 is 2.38 bits per heavy atom. The number of carbonyl (C=O) groups is 2. The summed E-state index contributed by atoms with van der Waals surface area (Å²) in [4.78, 5) is 23.5. The highest BCUT2D eigenvalue weighted by Gasteiger charge is 2.22. The molecule has 0 heterocycles. The summed E-state index contributed by atoms with van der Waals surface area (Å²) in [6.07, 6.45) is 0. The van der Waals surface area contributed by atoms with Gasteiger partial charge < -0.3 is 16.2 Å². The molecule has 4 N–H and O–H groups in total. The monoisotopic (exact) mass is 304 g/mol. The Hall–Kier alpha value is -2.53. The molecule has 2 aromatic carbocycles. The maximum Gasteiger partial charge on any atom is 0.330 e. The van der Waals surface area contributed by atoms with Crippen LogP contribution in [0.15, 0.2) is 48.5 Å². The molecule has 0 aliphatic rings. The Morgan fingerprint density at radius 1 is 1.14 bits per heavy atom. The van der Waals surface area contributed by atoms with Crippen LogP contribution in [0, 0.1) is 0 Å². The molecule has 0 aromatic heterocycles. The fraction of sp³-hybridized carbons (Fsp3) is 0.0667. The third-order valence-corrected chi connectivity index (χ3v) is 3.26. The molecule has 0 aliphatic carbocycles. The average Bonchev–Trinajstić information content (AvgIpc) is 2.48. The van der Waals surface area contributed by atoms with Crippen molar-refractivity contribution in [2.75, 3.05) is 5.73 Å². The molecule has 0 fully saturated rings. The van der Waals surface area contributed by atoms with Crippen molar-refractivity contribution in [3.63, 3.8) is 0 Å². The first-order valence-electron chi connectivity index (χ1n) is 6.12. The van der Waals surface area contributed by atoms with Crippen molar-refractivity contribution < 1.29 is 14.7 Å². The molecular formula is C15H13ClN2O3. The molecule has 0 radical (unpaired) electrons. The lowest BCUT2D eigenvalue weighted by Crippen LogP contribution is -2.33. The molecule has 1 amide bonds. The van der Waals surface area contributed by atoms with Crippen molar-refractivity contribution in [2.24, 2.45) is 0 Å². The fourth-order valence-electron chi connectivity index (χ4n) is 1.83. The summed E-state index contributed by atoms with van der Waals surface area (Å²) < 4.78 is 0. The summed E-state index contributed by atoms with van der Waals surface area (Å²) in [5, 5.41) is 12.1. The van der Waals surface area contributed by atoms with Crippen molar-refractivity contribution in [1.82, 2.24) is 5.32 Å². The van der Waals surface area contributed by atoms with Gasteiger partial charge in [0.1, 0.15) is 0 Å². The Kier molecular flexibility index (Phi) is 4.45. The number of anilines is 1. The summed E-state index contributed by atoms with van der Waals surface area (Å²) in [6, 6.07) is 11.7. The maximum atomic E-state index is 12.1. The third-order valence-electron chi connectivity index (χ3n) is 2.91. The zero-order chi connectivity index (χ0) is 15.4. The molecule has 0 unspecified atom stereocenters. The number of rotatable bonds is 4. The van der Waals surface area contributed by atoms with Gasteiger partial charge in [-0.15, -0.1) is 0 Å². The van der Waals surface area contributed by atoms with E-state index in [1.807, 2.05) is 0 Å². The van der Waals surface area contributed by atoms with Crippen LogP contribution < -0.4 is 11.1 Å². The number of nitrogens with one attached hydrogen (secondary N) is 1. The van der Waals surface area contributed by atoms with E-state index in [1.54, 1.807) is 30.3 Å². The Labute approximate surface area is 126 Å². The smallest absolute Gasteiger partial charge is 0.330 e. The molecule has 0 saturated carbocycles. The van der Waals surface area contributed by atoms with E-state index in [-0.39, 0.29) is 11.3 Å². The SMILES string of the molecule is Nc1cc(C(=O)N[C@@H](C(=O)O)c2ccccc2)ccc1Cl. The van der Waals surface area contributed by atoms with Crippen molar-refractivity contribution in [3.05, 3.63) is 64.7 Å². The molecule has 2 rings (SSSR count). The van der Waals surface area contributed by atoms with Gasteiger partial charge in [-0.1, -0.05) is 41.9 Å². The number of benzene rings is 2. The van der Waals surface area contributed by atoms with Crippen LogP contribution in [0.5, 0.6) is 0 Å². The van der Waals surface area contributed by atoms with E-state index in [0.717, 1.165) is 0 Å². The van der Waals surface area contributed by atoms with Gasteiger partial charge in [0.15, 0.2) is 6.04 Å². The lowest BCUT2D eigenvalue weighted by Gasteiger charge is -2.15. The first kappa shape index (κ1) is 14.9. The minimum Gasteiger partial charge on any atom is -0.479 e. The van der Waals surface area contributed by atoms with Gasteiger partial charge >= 0.3 is 5.97 Å². The molecule has 0 bridgehead atoms. The van der Waals surface area contributed by atoms with Gasteiger partial charge in [0, 0.05) is 5.56 Å². The van der Waals surface area contributed by atoms with Crippen molar-refractivity contribution in [1.29, 1.82) is 0 Å². The fourth-order valence-corrected chi connectivity index (χ4v) is 1.95. The first-order chi connectivity index (χ1) is 9.99. The molecule has 0 saturated heterocycles. The van der Waals surface area contributed by atoms with Crippen LogP contribution in [-0.4, -0.2) is 17.0 Å². The summed E-state index contributed by atoms with van der Waals surface area (Å²) >= 11 is 5.79. The second-order valence-corrected chi connectivity index (χ2v) is 4.80. The topological polar surface area (TPSA) is 92.4 Å². The number of nitrogen functional groups attached to an aromatic ring is 1. The molecule has 0 spiro atoms. The number of hydrogen-bond acceptors (Lipinski definition) is 3. The van der Waals surface area contributed by atoms with Crippen molar-refractivity contribution in [2.45, 2.75) is 6.04 Å². The lowest BCUT2D eigenvalue weighted by molar-refractivity contribution is -0.139. The molecule has 108 valence electrons. The zero-order valence-corrected chi connectivity index (χ0v) is 11.7. The predicted octanol–water partition coefficient (Wildman–Crippen LogP) is 2.48. The van der Waals surface area contributed by atoms with E-state index in [9.17, 15) is 14.7 Å². The van der Waals surface area contributed by atoms with Gasteiger partial charge in [-0.05, 0) is 23.8 Å². The second kappa shape index (κ2) is 6.28. The minimum atomic E-state index is -1.14. The van der Waals surface area contributed by atoms with Crippen LogP contribution in [-0.2, 0) is 4.79 Å². The molecule has 6 heteroatoms. The summed E-state index contributed by atoms with van der Waals surface area (Å²) in [5.41, 5.74) is 6.63. The summed E-state index contributed by atoms with van der Waals surface area (Å²) in [7, 11) is 0. The predicted molar refractivity (Wildman–Crippen MR) is 80.1 cm³/mol. The number of carboxylic acid groups (broad SMARTS) is 1. The average molecular weight is 305 g/mol. The lowest BCUT2D eigenvalue weighted by atomic mass is 10.1. The highest BCUT2D eigenvalue weighted by atomic mass is 35.5. The minimum absolute atomic E-state index is 0.249. The van der Waals surface area contributed by atoms with E-state index < -0.39 is 17.9 Å². The summed E-state index contributed by atoms with van der Waals surface area (Å²) in [5.74, 6) is -1.67. The largest absolute Gasteiger partial charge is 0.479 e. The van der Waals surface area contributed by atoms with E-state index in [0.29, 0.717) is 10.6 Å². The Balaban J connectivity index is 2.23. The maximum absolute atomic E-state index is 12.1. The quantitative estimate of drug-likeness (QED) is 0.757. The van der Waals surface area contributed by atoms with Gasteiger partial charge in [-0.25, -0.2) is 4.79 Å². The van der Waals surface area contributed by atoms with Crippen LogP contribution in [0.25, 0.3) is 0 Å². The highest BCUT2D eigenvalue weighted by Crippen LogP contribution is 2.20. The first-order valence-corrected chi connectivity index (χ1v) is 6.50. The van der Waals surface area contributed by atoms with Crippen molar-refractivity contribution >= 4 is 29.2 Å². The second-order valence-electron chi connectivity index (χ2n) is 4.39. The van der Waals surface area contributed by atoms with Gasteiger partial charge in [0.25, 0.3) is 5.91 Å². The normalized spacial score (nSPS) is 11.7. The molecule has 5 nitrogen and oxygen atoms in total. The van der Waals surface area contributed by atoms with Crippen LogP contribution in [0.1, 0.15) is 22.0 Å². The molecule has 0 aliphatic heterocycles. The van der Waals surface area contributed by atoms with Crippen LogP contribution in [0.4, 0.5) is 5.69 Å². The number of hydrogen-bond donors (Lipinski definition) is 3. The van der Waals surface area contributed by atoms with E-state index in [1.165, 1.54) is 18.2 Å². The van der Waals surface area contributed by atoms with Gasteiger partial charge in [0.05, 0.1) is 10.7 Å². The van der Waals surface area contributed by atoms with Crippen LogP contribution >= 0.6 is 11.6 Å². The summed E-state index contributed by atoms with van der Waals surface area (Å²) in [6.45, 7) is 0. The third kappa shape index (κ3) is 3.52. The van der Waals surface area contributed by atoms with Gasteiger partial charge in [0.2, 0.25) is 0 Å². The zero-order valence-electron chi connectivity index (χ0n) is 10.9. The van der Waals surface area contributed by atoms with Crippen LogP contribution in [0.2, 0.25) is 5.02 Å². The molecule has 21 heavy (non-hydrogen) atoms. The van der Waals surface area contributed by atoms with Crippen LogP contribution in [0.3, 0.4) is 0 Å². The van der Waals surface area contributed by atoms with Crippen molar-refractivity contribution in [3.8, 4) is 0 Å². The Morgan fingerprint density at radius 2 is 1.81 bits per heavy atom. The van der Waals surface area contributed by atoms with E-state index in [2.05, 4.69) is 5.32 Å². The molecule has 2 aromatic rings. The van der Waals surface area contributed by atoms with Gasteiger partial charge in [-0.2, -0.15) is 0 Å². The van der Waals surface area contributed by atoms with E-state index in [4.69, 9.17) is 17.3 Å². The van der Waals surface area contributed by atoms with Gasteiger partial charge in [-0.3, -0.25) is 4.79 Å². The highest BCUT2D eigenvalue weighted by molar-refractivity contribution is 6.33. The number of carboxylic acids is 1. The number of carbonyl (C=O) groups excluding carboxylic acids is 1. The molecular weight excluding hydrogens is 292 g/mol. The number of aliphatic carboxylic acids is 1.